The Morgan fingerprint density at radius 2 is 1.88 bits per heavy atom. The van der Waals surface area contributed by atoms with Crippen LogP contribution >= 0.6 is 0 Å². The average molecular weight is 237 g/mol. The van der Waals surface area contributed by atoms with Gasteiger partial charge in [-0.25, -0.2) is 0 Å². The molecule has 17 heavy (non-hydrogen) atoms. The molecule has 1 rings (SSSR count). The molecule has 1 fully saturated rings. The van der Waals surface area contributed by atoms with E-state index in [-0.39, 0.29) is 0 Å². The smallest absolute Gasteiger partial charge is 0.0132 e. The molecule has 0 saturated heterocycles. The highest BCUT2D eigenvalue weighted by atomic mass is 14.9. The van der Waals surface area contributed by atoms with Crippen LogP contribution in [0.25, 0.3) is 0 Å². The van der Waals surface area contributed by atoms with Gasteiger partial charge in [-0.15, -0.1) is 0 Å². The predicted octanol–water partition coefficient (Wildman–Crippen LogP) is 4.54. The maximum atomic E-state index is 4.19. The van der Waals surface area contributed by atoms with Crippen LogP contribution in [-0.2, 0) is 0 Å². The largest absolute Gasteiger partial charge is 0.313 e. The van der Waals surface area contributed by atoms with Crippen LogP contribution in [-0.4, -0.2) is 12.6 Å². The zero-order valence-electron chi connectivity index (χ0n) is 12.1. The van der Waals surface area contributed by atoms with Crippen molar-refractivity contribution in [1.29, 1.82) is 0 Å². The summed E-state index contributed by atoms with van der Waals surface area (Å²) < 4.78 is 0. The van der Waals surface area contributed by atoms with Crippen molar-refractivity contribution in [3.8, 4) is 0 Å². The van der Waals surface area contributed by atoms with Gasteiger partial charge in [0.15, 0.2) is 0 Å². The summed E-state index contributed by atoms with van der Waals surface area (Å²) in [7, 11) is 0. The van der Waals surface area contributed by atoms with Gasteiger partial charge in [0.25, 0.3) is 0 Å². The summed E-state index contributed by atoms with van der Waals surface area (Å²) in [6, 6.07) is 0.690. The van der Waals surface area contributed by atoms with Gasteiger partial charge in [-0.05, 0) is 50.5 Å². The van der Waals surface area contributed by atoms with E-state index >= 15 is 0 Å². The minimum atomic E-state index is 0.690. The lowest BCUT2D eigenvalue weighted by molar-refractivity contribution is 0.228. The second kappa shape index (κ2) is 7.92. The maximum absolute atomic E-state index is 4.19. The van der Waals surface area contributed by atoms with E-state index in [1.807, 2.05) is 0 Å². The fraction of sp³-hybridized carbons (Fsp3) is 0.875. The van der Waals surface area contributed by atoms with E-state index in [1.54, 1.807) is 0 Å². The van der Waals surface area contributed by atoms with E-state index in [4.69, 9.17) is 0 Å². The molecule has 1 unspecified atom stereocenters. The molecule has 0 heterocycles. The summed E-state index contributed by atoms with van der Waals surface area (Å²) in [6.07, 6.45) is 9.24. The molecule has 1 aliphatic rings. The molecule has 0 aliphatic heterocycles. The summed E-state index contributed by atoms with van der Waals surface area (Å²) in [6.45, 7) is 12.2. The molecular formula is C16H31N. The van der Waals surface area contributed by atoms with Crippen LogP contribution in [0.2, 0.25) is 0 Å². The molecule has 1 atom stereocenters. The van der Waals surface area contributed by atoms with Crippen molar-refractivity contribution < 1.29 is 0 Å². The molecule has 0 aromatic heterocycles. The molecule has 0 bridgehead atoms. The fourth-order valence-corrected chi connectivity index (χ4v) is 2.88. The summed E-state index contributed by atoms with van der Waals surface area (Å²) in [5, 5.41) is 3.76. The first-order valence-electron chi connectivity index (χ1n) is 7.57. The minimum Gasteiger partial charge on any atom is -0.313 e. The highest BCUT2D eigenvalue weighted by Gasteiger charge is 2.25. The molecular weight excluding hydrogens is 206 g/mol. The van der Waals surface area contributed by atoms with Gasteiger partial charge in [0, 0.05) is 6.04 Å². The third-order valence-corrected chi connectivity index (χ3v) is 4.29. The van der Waals surface area contributed by atoms with Gasteiger partial charge in [-0.3, -0.25) is 0 Å². The molecule has 0 spiro atoms. The fourth-order valence-electron chi connectivity index (χ4n) is 2.88. The Kier molecular flexibility index (Phi) is 6.87. The highest BCUT2D eigenvalue weighted by Crippen LogP contribution is 2.32. The molecule has 0 amide bonds. The Bertz CT molecular complexity index is 214. The second-order valence-electron chi connectivity index (χ2n) is 5.89. The SMILES string of the molecule is C=C(CC)CC(NCCC)C1CCC(C)CC1. The van der Waals surface area contributed by atoms with Crippen LogP contribution in [0.4, 0.5) is 0 Å². The lowest BCUT2D eigenvalue weighted by Gasteiger charge is -2.34. The summed E-state index contributed by atoms with van der Waals surface area (Å²) in [5.74, 6) is 1.84. The first kappa shape index (κ1) is 14.8. The molecule has 0 aromatic carbocycles. The molecule has 0 radical (unpaired) electrons. The predicted molar refractivity (Wildman–Crippen MR) is 77.3 cm³/mol. The minimum absolute atomic E-state index is 0.690. The van der Waals surface area contributed by atoms with Gasteiger partial charge < -0.3 is 5.32 Å². The lowest BCUT2D eigenvalue weighted by Crippen LogP contribution is -2.38. The Balaban J connectivity index is 2.46. The van der Waals surface area contributed by atoms with Crippen molar-refractivity contribution in [1.82, 2.24) is 5.32 Å². The lowest BCUT2D eigenvalue weighted by atomic mass is 9.77. The van der Waals surface area contributed by atoms with Crippen LogP contribution in [0.3, 0.4) is 0 Å². The van der Waals surface area contributed by atoms with Crippen LogP contribution in [0, 0.1) is 11.8 Å². The average Bonchev–Trinajstić information content (AvgIpc) is 2.35. The molecule has 1 nitrogen and oxygen atoms in total. The van der Waals surface area contributed by atoms with Crippen molar-refractivity contribution in [2.45, 2.75) is 71.8 Å². The van der Waals surface area contributed by atoms with Gasteiger partial charge in [-0.2, -0.15) is 0 Å². The van der Waals surface area contributed by atoms with E-state index in [0.717, 1.165) is 24.8 Å². The topological polar surface area (TPSA) is 12.0 Å². The quantitative estimate of drug-likeness (QED) is 0.641. The Morgan fingerprint density at radius 3 is 2.41 bits per heavy atom. The van der Waals surface area contributed by atoms with Crippen LogP contribution < -0.4 is 5.32 Å². The summed E-state index contributed by atoms with van der Waals surface area (Å²) in [4.78, 5) is 0. The van der Waals surface area contributed by atoms with Gasteiger partial charge in [-0.1, -0.05) is 45.8 Å². The first-order valence-corrected chi connectivity index (χ1v) is 7.57. The third kappa shape index (κ3) is 5.25. The zero-order valence-corrected chi connectivity index (χ0v) is 12.1. The molecule has 1 heteroatoms. The molecule has 0 aromatic rings. The molecule has 100 valence electrons. The van der Waals surface area contributed by atoms with Gasteiger partial charge in [0.2, 0.25) is 0 Å². The van der Waals surface area contributed by atoms with Crippen molar-refractivity contribution in [2.24, 2.45) is 11.8 Å². The molecule has 1 N–H and O–H groups in total. The second-order valence-corrected chi connectivity index (χ2v) is 5.89. The monoisotopic (exact) mass is 237 g/mol. The molecule has 1 saturated carbocycles. The van der Waals surface area contributed by atoms with Crippen LogP contribution in [0.15, 0.2) is 12.2 Å². The van der Waals surface area contributed by atoms with Crippen LogP contribution in [0.5, 0.6) is 0 Å². The van der Waals surface area contributed by atoms with E-state index in [9.17, 15) is 0 Å². The zero-order chi connectivity index (χ0) is 12.7. The summed E-state index contributed by atoms with van der Waals surface area (Å²) >= 11 is 0. The van der Waals surface area contributed by atoms with E-state index in [1.165, 1.54) is 44.1 Å². The van der Waals surface area contributed by atoms with Crippen molar-refractivity contribution >= 4 is 0 Å². The first-order chi connectivity index (χ1) is 8.17. The number of hydrogen-bond acceptors (Lipinski definition) is 1. The molecule has 1 aliphatic carbocycles. The van der Waals surface area contributed by atoms with Gasteiger partial charge >= 0.3 is 0 Å². The van der Waals surface area contributed by atoms with Crippen molar-refractivity contribution in [2.75, 3.05) is 6.54 Å². The number of rotatable bonds is 7. The summed E-state index contributed by atoms with van der Waals surface area (Å²) in [5.41, 5.74) is 1.41. The Hall–Kier alpha value is -0.300. The van der Waals surface area contributed by atoms with Crippen LogP contribution in [0.1, 0.15) is 65.7 Å². The van der Waals surface area contributed by atoms with E-state index in [0.29, 0.717) is 6.04 Å². The third-order valence-electron chi connectivity index (χ3n) is 4.29. The Labute approximate surface area is 108 Å². The maximum Gasteiger partial charge on any atom is 0.0132 e. The number of hydrogen-bond donors (Lipinski definition) is 1. The van der Waals surface area contributed by atoms with E-state index < -0.39 is 0 Å². The standard InChI is InChI=1S/C16H31N/c1-5-11-17-16(12-13(3)6-2)15-9-7-14(4)8-10-15/h14-17H,3,5-12H2,1-2,4H3. The number of nitrogens with one attached hydrogen (secondary N) is 1. The normalized spacial score (nSPS) is 26.8. The van der Waals surface area contributed by atoms with Gasteiger partial charge in [0.1, 0.15) is 0 Å². The van der Waals surface area contributed by atoms with Crippen molar-refractivity contribution in [3.05, 3.63) is 12.2 Å². The van der Waals surface area contributed by atoms with Crippen molar-refractivity contribution in [3.63, 3.8) is 0 Å². The van der Waals surface area contributed by atoms with Gasteiger partial charge in [0.05, 0.1) is 0 Å². The van der Waals surface area contributed by atoms with E-state index in [2.05, 4.69) is 32.7 Å². The highest BCUT2D eigenvalue weighted by molar-refractivity contribution is 4.98. The Morgan fingerprint density at radius 1 is 1.24 bits per heavy atom.